The van der Waals surface area contributed by atoms with Crippen molar-refractivity contribution >= 4 is 0 Å². The topological polar surface area (TPSA) is 53.7 Å². The quantitative estimate of drug-likeness (QED) is 0.853. The molecule has 0 aromatic heterocycles. The third kappa shape index (κ3) is 4.15. The predicted octanol–water partition coefficient (Wildman–Crippen LogP) is 3.17. The maximum Gasteiger partial charge on any atom is 0.164 e. The number of ether oxygens (including phenoxy) is 3. The highest BCUT2D eigenvalue weighted by molar-refractivity contribution is 5.51. The molecule has 22 heavy (non-hydrogen) atoms. The average Bonchev–Trinajstić information content (AvgIpc) is 2.53. The lowest BCUT2D eigenvalue weighted by atomic mass is 10.1. The number of rotatable bonds is 7. The summed E-state index contributed by atoms with van der Waals surface area (Å²) in [4.78, 5) is 0. The van der Waals surface area contributed by atoms with E-state index in [0.29, 0.717) is 24.5 Å². The van der Waals surface area contributed by atoms with Crippen LogP contribution in [0.2, 0.25) is 0 Å². The van der Waals surface area contributed by atoms with Crippen molar-refractivity contribution in [3.8, 4) is 17.2 Å². The monoisotopic (exact) mass is 301 g/mol. The van der Waals surface area contributed by atoms with E-state index >= 15 is 0 Å². The molecule has 2 N–H and O–H groups in total. The normalized spacial score (nSPS) is 11.8. The van der Waals surface area contributed by atoms with Crippen molar-refractivity contribution in [1.29, 1.82) is 0 Å². The maximum absolute atomic E-state index is 5.97. The number of hydrogen-bond donors (Lipinski definition) is 1. The summed E-state index contributed by atoms with van der Waals surface area (Å²) in [7, 11) is 3.24. The minimum atomic E-state index is 0.0391. The highest BCUT2D eigenvalue weighted by Gasteiger charge is 2.13. The van der Waals surface area contributed by atoms with Gasteiger partial charge in [-0.25, -0.2) is 0 Å². The Hall–Kier alpha value is -2.20. The first kappa shape index (κ1) is 16.2. The van der Waals surface area contributed by atoms with Gasteiger partial charge in [0.05, 0.1) is 14.2 Å². The SMILES string of the molecule is COc1cc(CC(C)N)c(OCc2ccccc2)cc1OC. The summed E-state index contributed by atoms with van der Waals surface area (Å²) in [5.41, 5.74) is 8.07. The minimum Gasteiger partial charge on any atom is -0.493 e. The van der Waals surface area contributed by atoms with E-state index < -0.39 is 0 Å². The molecular formula is C18H23NO3. The van der Waals surface area contributed by atoms with Gasteiger partial charge in [-0.2, -0.15) is 0 Å². The minimum absolute atomic E-state index is 0.0391. The van der Waals surface area contributed by atoms with Gasteiger partial charge in [-0.3, -0.25) is 0 Å². The fraction of sp³-hybridized carbons (Fsp3) is 0.333. The zero-order valence-corrected chi connectivity index (χ0v) is 13.3. The van der Waals surface area contributed by atoms with Crippen molar-refractivity contribution in [2.24, 2.45) is 5.73 Å². The van der Waals surface area contributed by atoms with Gasteiger partial charge >= 0.3 is 0 Å². The molecule has 4 heteroatoms. The Balaban J connectivity index is 2.26. The Morgan fingerprint density at radius 1 is 0.955 bits per heavy atom. The lowest BCUT2D eigenvalue weighted by Gasteiger charge is -2.17. The molecule has 0 radical (unpaired) electrons. The molecule has 2 aromatic carbocycles. The first-order chi connectivity index (χ1) is 10.6. The molecule has 0 heterocycles. The lowest BCUT2D eigenvalue weighted by Crippen LogP contribution is -2.18. The van der Waals surface area contributed by atoms with E-state index in [9.17, 15) is 0 Å². The number of benzene rings is 2. The van der Waals surface area contributed by atoms with Gasteiger partial charge in [0.25, 0.3) is 0 Å². The van der Waals surface area contributed by atoms with Gasteiger partial charge in [-0.15, -0.1) is 0 Å². The summed E-state index contributed by atoms with van der Waals surface area (Å²) in [6.45, 7) is 2.47. The van der Waals surface area contributed by atoms with Gasteiger partial charge in [0, 0.05) is 12.1 Å². The standard InChI is InChI=1S/C18H23NO3/c1-13(19)9-15-10-17(20-2)18(21-3)11-16(15)22-12-14-7-5-4-6-8-14/h4-8,10-11,13H,9,12,19H2,1-3H3. The Morgan fingerprint density at radius 3 is 2.18 bits per heavy atom. The van der Waals surface area contributed by atoms with Crippen LogP contribution in [0.15, 0.2) is 42.5 Å². The molecule has 2 aromatic rings. The number of methoxy groups -OCH3 is 2. The van der Waals surface area contributed by atoms with Gasteiger partial charge in [0.1, 0.15) is 12.4 Å². The second kappa shape index (κ2) is 7.71. The largest absolute Gasteiger partial charge is 0.493 e. The molecule has 1 unspecified atom stereocenters. The van der Waals surface area contributed by atoms with Crippen LogP contribution < -0.4 is 19.9 Å². The molecule has 0 aliphatic heterocycles. The van der Waals surface area contributed by atoms with Crippen LogP contribution in [0.4, 0.5) is 0 Å². The van der Waals surface area contributed by atoms with E-state index in [2.05, 4.69) is 0 Å². The van der Waals surface area contributed by atoms with Gasteiger partial charge in [-0.1, -0.05) is 30.3 Å². The molecule has 2 rings (SSSR count). The fourth-order valence-corrected chi connectivity index (χ4v) is 2.28. The van der Waals surface area contributed by atoms with Crippen LogP contribution in [0.1, 0.15) is 18.1 Å². The molecule has 0 amide bonds. The Labute approximate surface area is 131 Å². The molecule has 0 spiro atoms. The van der Waals surface area contributed by atoms with Crippen LogP contribution >= 0.6 is 0 Å². The van der Waals surface area contributed by atoms with Crippen LogP contribution in [-0.4, -0.2) is 20.3 Å². The summed E-state index contributed by atoms with van der Waals surface area (Å²) in [6.07, 6.45) is 0.713. The third-order valence-electron chi connectivity index (χ3n) is 3.35. The molecule has 0 aliphatic carbocycles. The summed E-state index contributed by atoms with van der Waals surface area (Å²) in [5.74, 6) is 2.11. The van der Waals surface area contributed by atoms with E-state index in [1.165, 1.54) is 0 Å². The second-order valence-corrected chi connectivity index (χ2v) is 5.27. The first-order valence-corrected chi connectivity index (χ1v) is 7.31. The van der Waals surface area contributed by atoms with Gasteiger partial charge in [0.2, 0.25) is 0 Å². The van der Waals surface area contributed by atoms with Crippen molar-refractivity contribution in [1.82, 2.24) is 0 Å². The van der Waals surface area contributed by atoms with E-state index in [-0.39, 0.29) is 6.04 Å². The highest BCUT2D eigenvalue weighted by atomic mass is 16.5. The molecule has 0 bridgehead atoms. The van der Waals surface area contributed by atoms with Crippen molar-refractivity contribution in [2.45, 2.75) is 26.0 Å². The van der Waals surface area contributed by atoms with Crippen molar-refractivity contribution < 1.29 is 14.2 Å². The third-order valence-corrected chi connectivity index (χ3v) is 3.35. The van der Waals surface area contributed by atoms with E-state index in [1.807, 2.05) is 49.4 Å². The Kier molecular flexibility index (Phi) is 5.67. The first-order valence-electron chi connectivity index (χ1n) is 7.31. The van der Waals surface area contributed by atoms with Crippen LogP contribution in [0.5, 0.6) is 17.2 Å². The van der Waals surface area contributed by atoms with Crippen molar-refractivity contribution in [2.75, 3.05) is 14.2 Å². The Morgan fingerprint density at radius 2 is 1.59 bits per heavy atom. The molecular weight excluding hydrogens is 278 g/mol. The average molecular weight is 301 g/mol. The second-order valence-electron chi connectivity index (χ2n) is 5.27. The molecule has 4 nitrogen and oxygen atoms in total. The van der Waals surface area contributed by atoms with Crippen LogP contribution in [0.3, 0.4) is 0 Å². The van der Waals surface area contributed by atoms with Gasteiger partial charge < -0.3 is 19.9 Å². The van der Waals surface area contributed by atoms with E-state index in [0.717, 1.165) is 16.9 Å². The molecule has 0 aliphatic rings. The predicted molar refractivity (Wildman–Crippen MR) is 87.7 cm³/mol. The molecule has 0 saturated carbocycles. The van der Waals surface area contributed by atoms with E-state index in [4.69, 9.17) is 19.9 Å². The summed E-state index contributed by atoms with van der Waals surface area (Å²) in [5, 5.41) is 0. The smallest absolute Gasteiger partial charge is 0.164 e. The number of nitrogens with two attached hydrogens (primary N) is 1. The molecule has 1 atom stereocenters. The zero-order chi connectivity index (χ0) is 15.9. The molecule has 0 fully saturated rings. The van der Waals surface area contributed by atoms with Gasteiger partial charge in [0.15, 0.2) is 11.5 Å². The van der Waals surface area contributed by atoms with Crippen LogP contribution in [0.25, 0.3) is 0 Å². The Bertz CT molecular complexity index is 597. The lowest BCUT2D eigenvalue weighted by molar-refractivity contribution is 0.296. The maximum atomic E-state index is 5.97. The molecule has 118 valence electrons. The van der Waals surface area contributed by atoms with Crippen LogP contribution in [-0.2, 0) is 13.0 Å². The fourth-order valence-electron chi connectivity index (χ4n) is 2.28. The van der Waals surface area contributed by atoms with Crippen molar-refractivity contribution in [3.05, 3.63) is 53.6 Å². The summed E-state index contributed by atoms with van der Waals surface area (Å²) >= 11 is 0. The van der Waals surface area contributed by atoms with Crippen LogP contribution in [0, 0.1) is 0 Å². The molecule has 0 saturated heterocycles. The zero-order valence-electron chi connectivity index (χ0n) is 13.3. The van der Waals surface area contributed by atoms with Crippen molar-refractivity contribution in [3.63, 3.8) is 0 Å². The highest BCUT2D eigenvalue weighted by Crippen LogP contribution is 2.35. The summed E-state index contributed by atoms with van der Waals surface area (Å²) in [6, 6.07) is 13.9. The van der Waals surface area contributed by atoms with E-state index in [1.54, 1.807) is 14.2 Å². The van der Waals surface area contributed by atoms with Gasteiger partial charge in [-0.05, 0) is 30.5 Å². The number of hydrogen-bond acceptors (Lipinski definition) is 4. The summed E-state index contributed by atoms with van der Waals surface area (Å²) < 4.78 is 16.7.